The summed E-state index contributed by atoms with van der Waals surface area (Å²) in [6, 6.07) is 8.57. The number of fused-ring (bicyclic) bond motifs is 2. The van der Waals surface area contributed by atoms with Crippen LogP contribution in [0.1, 0.15) is 32.3 Å². The lowest BCUT2D eigenvalue weighted by Gasteiger charge is -2.42. The zero-order chi connectivity index (χ0) is 17.9. The molecule has 1 aliphatic rings. The number of halogens is 2. The van der Waals surface area contributed by atoms with E-state index in [-0.39, 0.29) is 5.56 Å². The van der Waals surface area contributed by atoms with Gasteiger partial charge in [0.25, 0.3) is 0 Å². The van der Waals surface area contributed by atoms with E-state index in [4.69, 9.17) is 0 Å². The molecular formula is C20H20F2N2O. The van der Waals surface area contributed by atoms with Crippen molar-refractivity contribution < 1.29 is 13.9 Å². The first-order valence-corrected chi connectivity index (χ1v) is 8.36. The summed E-state index contributed by atoms with van der Waals surface area (Å²) in [7, 11) is 0. The number of benzene rings is 2. The number of aromatic amines is 1. The highest BCUT2D eigenvalue weighted by molar-refractivity contribution is 5.95. The molecule has 5 heteroatoms. The first kappa shape index (κ1) is 16.1. The Morgan fingerprint density at radius 3 is 2.68 bits per heavy atom. The molecule has 2 heterocycles. The third kappa shape index (κ3) is 2.26. The lowest BCUT2D eigenvalue weighted by Crippen LogP contribution is -2.50. The van der Waals surface area contributed by atoms with Gasteiger partial charge in [0.05, 0.1) is 22.7 Å². The minimum absolute atomic E-state index is 0.0626. The van der Waals surface area contributed by atoms with Gasteiger partial charge in [-0.15, -0.1) is 0 Å². The van der Waals surface area contributed by atoms with E-state index in [1.54, 1.807) is 25.3 Å². The fourth-order valence-electron chi connectivity index (χ4n) is 3.93. The smallest absolute Gasteiger partial charge is 0.139 e. The van der Waals surface area contributed by atoms with Crippen molar-refractivity contribution in [1.29, 1.82) is 0 Å². The van der Waals surface area contributed by atoms with Crippen molar-refractivity contribution in [3.8, 4) is 11.1 Å². The van der Waals surface area contributed by atoms with Gasteiger partial charge in [-0.05, 0) is 31.4 Å². The minimum atomic E-state index is -0.783. The summed E-state index contributed by atoms with van der Waals surface area (Å²) < 4.78 is 30.3. The largest absolute Gasteiger partial charge is 0.390 e. The standard InChI is InChI=1S/C20H20F2N2O/c1-10-15-14(24-20(2,3)19(10)25)9-13(21)16(17(15)22)12-6-4-5-11-7-8-23-18(11)12/h4-10,19,23-25H,1-3H3/t10-,19?/m0/s1. The molecule has 1 unspecified atom stereocenters. The minimum Gasteiger partial charge on any atom is -0.390 e. The number of aliphatic hydroxyl groups is 1. The van der Waals surface area contributed by atoms with Crippen LogP contribution < -0.4 is 5.32 Å². The maximum absolute atomic E-state index is 15.4. The highest BCUT2D eigenvalue weighted by Gasteiger charge is 2.41. The van der Waals surface area contributed by atoms with Crippen LogP contribution in [0.15, 0.2) is 36.5 Å². The molecule has 3 nitrogen and oxygen atoms in total. The number of H-pyrrole nitrogens is 1. The van der Waals surface area contributed by atoms with E-state index in [0.29, 0.717) is 22.3 Å². The van der Waals surface area contributed by atoms with Crippen molar-refractivity contribution in [3.05, 3.63) is 53.7 Å². The van der Waals surface area contributed by atoms with E-state index < -0.39 is 29.2 Å². The molecule has 1 aromatic heterocycles. The number of hydrogen-bond donors (Lipinski definition) is 3. The summed E-state index contributed by atoms with van der Waals surface area (Å²) in [5, 5.41) is 14.5. The molecule has 0 fully saturated rings. The van der Waals surface area contributed by atoms with Crippen LogP contribution in [0.3, 0.4) is 0 Å². The maximum atomic E-state index is 15.4. The SMILES string of the molecule is C[C@H]1c2c(cc(F)c(-c3cccc4cc[nH]c34)c2F)NC(C)(C)C1O. The average Bonchev–Trinajstić information content (AvgIpc) is 3.01. The van der Waals surface area contributed by atoms with E-state index >= 15 is 4.39 Å². The zero-order valence-corrected chi connectivity index (χ0v) is 14.3. The normalized spacial score (nSPS) is 21.8. The highest BCUT2D eigenvalue weighted by atomic mass is 19.1. The molecule has 25 heavy (non-hydrogen) atoms. The van der Waals surface area contributed by atoms with Gasteiger partial charge in [-0.3, -0.25) is 0 Å². The van der Waals surface area contributed by atoms with Crippen molar-refractivity contribution in [2.45, 2.75) is 38.3 Å². The Bertz CT molecular complexity index is 977. The Hall–Kier alpha value is -2.40. The third-order valence-electron chi connectivity index (χ3n) is 5.24. The fourth-order valence-corrected chi connectivity index (χ4v) is 3.93. The number of nitrogens with one attached hydrogen (secondary N) is 2. The van der Waals surface area contributed by atoms with Crippen molar-refractivity contribution in [3.63, 3.8) is 0 Å². The van der Waals surface area contributed by atoms with Crippen molar-refractivity contribution in [2.75, 3.05) is 5.32 Å². The van der Waals surface area contributed by atoms with Crippen LogP contribution in [0.2, 0.25) is 0 Å². The molecular weight excluding hydrogens is 322 g/mol. The van der Waals surface area contributed by atoms with Gasteiger partial charge in [0, 0.05) is 28.9 Å². The number of hydrogen-bond acceptors (Lipinski definition) is 2. The summed E-state index contributed by atoms with van der Waals surface area (Å²) >= 11 is 0. The molecule has 2 aromatic carbocycles. The summed E-state index contributed by atoms with van der Waals surface area (Å²) in [6.45, 7) is 5.41. The first-order valence-electron chi connectivity index (χ1n) is 8.36. The highest BCUT2D eigenvalue weighted by Crippen LogP contribution is 2.44. The molecule has 3 N–H and O–H groups in total. The summed E-state index contributed by atoms with van der Waals surface area (Å²) in [6.07, 6.45) is 0.966. The van der Waals surface area contributed by atoms with Crippen molar-refractivity contribution >= 4 is 16.6 Å². The molecule has 0 amide bonds. The number of anilines is 1. The summed E-state index contributed by atoms with van der Waals surface area (Å²) in [5.41, 5.74) is 1.18. The molecule has 0 bridgehead atoms. The molecule has 0 spiro atoms. The predicted molar refractivity (Wildman–Crippen MR) is 95.8 cm³/mol. The van der Waals surface area contributed by atoms with Gasteiger partial charge in [0.1, 0.15) is 11.6 Å². The Morgan fingerprint density at radius 1 is 1.16 bits per heavy atom. The monoisotopic (exact) mass is 342 g/mol. The van der Waals surface area contributed by atoms with Crippen LogP contribution in [0.25, 0.3) is 22.0 Å². The lowest BCUT2D eigenvalue weighted by molar-refractivity contribution is 0.0854. The van der Waals surface area contributed by atoms with E-state index in [0.717, 1.165) is 5.39 Å². The number of para-hydroxylation sites is 1. The fraction of sp³-hybridized carbons (Fsp3) is 0.300. The number of aromatic nitrogens is 1. The second-order valence-electron chi connectivity index (χ2n) is 7.34. The Kier molecular flexibility index (Phi) is 3.41. The Labute approximate surface area is 144 Å². The van der Waals surface area contributed by atoms with E-state index in [9.17, 15) is 9.50 Å². The summed E-state index contributed by atoms with van der Waals surface area (Å²) in [4.78, 5) is 3.06. The van der Waals surface area contributed by atoms with Gasteiger partial charge >= 0.3 is 0 Å². The number of aliphatic hydroxyl groups excluding tert-OH is 1. The van der Waals surface area contributed by atoms with E-state index in [1.807, 2.05) is 26.0 Å². The first-order chi connectivity index (χ1) is 11.8. The van der Waals surface area contributed by atoms with Gasteiger partial charge < -0.3 is 15.4 Å². The molecule has 4 rings (SSSR count). The van der Waals surface area contributed by atoms with Gasteiger partial charge in [-0.25, -0.2) is 8.78 Å². The van der Waals surface area contributed by atoms with Crippen molar-refractivity contribution in [1.82, 2.24) is 4.98 Å². The van der Waals surface area contributed by atoms with Gasteiger partial charge in [0.15, 0.2) is 0 Å². The molecule has 130 valence electrons. The Balaban J connectivity index is 2.00. The third-order valence-corrected chi connectivity index (χ3v) is 5.24. The molecule has 2 atom stereocenters. The second-order valence-corrected chi connectivity index (χ2v) is 7.34. The average molecular weight is 342 g/mol. The predicted octanol–water partition coefficient (Wildman–Crippen LogP) is 4.78. The second kappa shape index (κ2) is 5.30. The molecule has 3 aromatic rings. The quantitative estimate of drug-likeness (QED) is 0.596. The molecule has 0 saturated carbocycles. The van der Waals surface area contributed by atoms with Crippen LogP contribution in [-0.2, 0) is 0 Å². The maximum Gasteiger partial charge on any atom is 0.139 e. The van der Waals surface area contributed by atoms with Crippen LogP contribution in [0.4, 0.5) is 14.5 Å². The van der Waals surface area contributed by atoms with Crippen LogP contribution in [-0.4, -0.2) is 21.7 Å². The van der Waals surface area contributed by atoms with E-state index in [1.165, 1.54) is 6.07 Å². The van der Waals surface area contributed by atoms with Crippen LogP contribution in [0, 0.1) is 11.6 Å². The van der Waals surface area contributed by atoms with Gasteiger partial charge in [0.2, 0.25) is 0 Å². The molecule has 1 aliphatic heterocycles. The van der Waals surface area contributed by atoms with Crippen LogP contribution >= 0.6 is 0 Å². The lowest BCUT2D eigenvalue weighted by atomic mass is 9.78. The van der Waals surface area contributed by atoms with Gasteiger partial charge in [-0.1, -0.05) is 25.1 Å². The molecule has 0 radical (unpaired) electrons. The molecule has 0 saturated heterocycles. The molecule has 0 aliphatic carbocycles. The van der Waals surface area contributed by atoms with Gasteiger partial charge in [-0.2, -0.15) is 0 Å². The number of rotatable bonds is 1. The topological polar surface area (TPSA) is 48.0 Å². The Morgan fingerprint density at radius 2 is 1.92 bits per heavy atom. The van der Waals surface area contributed by atoms with Crippen LogP contribution in [0.5, 0.6) is 0 Å². The van der Waals surface area contributed by atoms with Crippen molar-refractivity contribution in [2.24, 2.45) is 0 Å². The zero-order valence-electron chi connectivity index (χ0n) is 14.3. The van der Waals surface area contributed by atoms with E-state index in [2.05, 4.69) is 10.3 Å². The summed E-state index contributed by atoms with van der Waals surface area (Å²) in [5.74, 6) is -1.69.